The second-order valence-electron chi connectivity index (χ2n) is 4.48. The number of thiazole rings is 1. The lowest BCUT2D eigenvalue weighted by Gasteiger charge is -2.05. The van der Waals surface area contributed by atoms with E-state index in [4.69, 9.17) is 0 Å². The molecule has 0 aromatic carbocycles. The number of thioether (sulfide) groups is 1. The smallest absolute Gasteiger partial charge is 0.255 e. The van der Waals surface area contributed by atoms with Gasteiger partial charge in [0.1, 0.15) is 0 Å². The molecular formula is C12H12N6O2S2. The molecule has 3 aromatic rings. The third kappa shape index (κ3) is 2.74. The van der Waals surface area contributed by atoms with E-state index in [1.807, 2.05) is 6.92 Å². The van der Waals surface area contributed by atoms with Crippen molar-refractivity contribution in [1.29, 1.82) is 0 Å². The van der Waals surface area contributed by atoms with Crippen molar-refractivity contribution in [3.8, 4) is 0 Å². The molecule has 0 aliphatic carbocycles. The number of aryl methyl sites for hydroxylation is 1. The maximum absolute atomic E-state index is 11.9. The van der Waals surface area contributed by atoms with Gasteiger partial charge in [-0.15, -0.1) is 21.5 Å². The Morgan fingerprint density at radius 1 is 1.45 bits per heavy atom. The lowest BCUT2D eigenvalue weighted by atomic mass is 10.3. The van der Waals surface area contributed by atoms with Gasteiger partial charge in [-0.05, 0) is 13.8 Å². The Morgan fingerprint density at radius 3 is 3.00 bits per heavy atom. The zero-order chi connectivity index (χ0) is 15.7. The number of aromatic nitrogens is 5. The fourth-order valence-electron chi connectivity index (χ4n) is 1.84. The van der Waals surface area contributed by atoms with E-state index in [9.17, 15) is 9.59 Å². The summed E-state index contributed by atoms with van der Waals surface area (Å²) in [5.41, 5.74) is 1.17. The van der Waals surface area contributed by atoms with E-state index < -0.39 is 0 Å². The first-order valence-corrected chi connectivity index (χ1v) is 8.19. The highest BCUT2D eigenvalue weighted by molar-refractivity contribution is 7.99. The summed E-state index contributed by atoms with van der Waals surface area (Å²) in [5, 5.41) is 13.6. The number of aromatic amines is 1. The van der Waals surface area contributed by atoms with Crippen LogP contribution in [0, 0.1) is 13.8 Å². The maximum Gasteiger partial charge on any atom is 0.255 e. The molecule has 0 spiro atoms. The van der Waals surface area contributed by atoms with Gasteiger partial charge < -0.3 is 5.32 Å². The number of fused-ring (bicyclic) bond motifs is 1. The number of hydrogen-bond donors (Lipinski definition) is 2. The fraction of sp³-hybridized carbons (Fsp3) is 0.250. The summed E-state index contributed by atoms with van der Waals surface area (Å²) in [5.74, 6) is 0.379. The van der Waals surface area contributed by atoms with Crippen LogP contribution in [0.25, 0.3) is 5.78 Å². The molecule has 8 nitrogen and oxygen atoms in total. The molecular weight excluding hydrogens is 324 g/mol. The minimum absolute atomic E-state index is 0.171. The number of rotatable bonds is 4. The third-order valence-electron chi connectivity index (χ3n) is 3.09. The fourth-order valence-corrected chi connectivity index (χ4v) is 3.17. The van der Waals surface area contributed by atoms with Gasteiger partial charge in [-0.25, -0.2) is 4.98 Å². The number of carbonyl (C=O) groups is 1. The first-order chi connectivity index (χ1) is 10.6. The van der Waals surface area contributed by atoms with Crippen LogP contribution in [-0.2, 0) is 4.79 Å². The molecule has 0 atom stereocenters. The lowest BCUT2D eigenvalue weighted by molar-refractivity contribution is -0.113. The second kappa shape index (κ2) is 5.89. The van der Waals surface area contributed by atoms with Crippen LogP contribution in [-0.4, -0.2) is 36.2 Å². The number of hydrogen-bond acceptors (Lipinski definition) is 7. The van der Waals surface area contributed by atoms with E-state index >= 15 is 0 Å². The lowest BCUT2D eigenvalue weighted by Crippen LogP contribution is -2.16. The highest BCUT2D eigenvalue weighted by atomic mass is 32.2. The molecule has 1 amide bonds. The van der Waals surface area contributed by atoms with Crippen LogP contribution in [0.3, 0.4) is 0 Å². The predicted octanol–water partition coefficient (Wildman–Crippen LogP) is 1.22. The zero-order valence-electron chi connectivity index (χ0n) is 11.8. The molecule has 0 radical (unpaired) electrons. The summed E-state index contributed by atoms with van der Waals surface area (Å²) >= 11 is 2.61. The summed E-state index contributed by atoms with van der Waals surface area (Å²) in [6, 6.07) is 0. The molecule has 3 aromatic heterocycles. The van der Waals surface area contributed by atoms with Crippen LogP contribution in [0.15, 0.2) is 21.5 Å². The monoisotopic (exact) mass is 336 g/mol. The minimum atomic E-state index is -0.185. The van der Waals surface area contributed by atoms with Crippen LogP contribution >= 0.6 is 23.1 Å². The van der Waals surface area contributed by atoms with Crippen molar-refractivity contribution in [1.82, 2.24) is 24.6 Å². The molecule has 0 aliphatic heterocycles. The second-order valence-corrected chi connectivity index (χ2v) is 6.32. The van der Waals surface area contributed by atoms with Gasteiger partial charge in [0.25, 0.3) is 5.56 Å². The van der Waals surface area contributed by atoms with Crippen molar-refractivity contribution in [2.45, 2.75) is 19.0 Å². The Kier molecular flexibility index (Phi) is 3.94. The number of nitrogens with one attached hydrogen (secondary N) is 2. The average Bonchev–Trinajstić information content (AvgIpc) is 3.12. The molecule has 0 bridgehead atoms. The van der Waals surface area contributed by atoms with Crippen LogP contribution in [0.4, 0.5) is 5.13 Å². The van der Waals surface area contributed by atoms with Crippen molar-refractivity contribution < 1.29 is 4.79 Å². The molecule has 3 heterocycles. The molecule has 114 valence electrons. The first-order valence-electron chi connectivity index (χ1n) is 6.33. The van der Waals surface area contributed by atoms with E-state index in [-0.39, 0.29) is 17.2 Å². The SMILES string of the molecule is Cc1c(C)n2c(SCC(=O)Nc3nccs3)nnc2[nH]c1=O. The van der Waals surface area contributed by atoms with E-state index in [0.29, 0.717) is 21.6 Å². The normalized spacial score (nSPS) is 11.0. The zero-order valence-corrected chi connectivity index (χ0v) is 13.4. The van der Waals surface area contributed by atoms with Crippen molar-refractivity contribution in [3.63, 3.8) is 0 Å². The van der Waals surface area contributed by atoms with Crippen LogP contribution in [0.5, 0.6) is 0 Å². The van der Waals surface area contributed by atoms with Crippen molar-refractivity contribution in [2.75, 3.05) is 11.1 Å². The largest absolute Gasteiger partial charge is 0.301 e. The van der Waals surface area contributed by atoms with Gasteiger partial charge in [-0.2, -0.15) is 0 Å². The number of H-pyrrole nitrogens is 1. The van der Waals surface area contributed by atoms with Gasteiger partial charge in [0.2, 0.25) is 11.7 Å². The minimum Gasteiger partial charge on any atom is -0.301 e. The van der Waals surface area contributed by atoms with Gasteiger partial charge >= 0.3 is 0 Å². The van der Waals surface area contributed by atoms with E-state index in [0.717, 1.165) is 5.69 Å². The maximum atomic E-state index is 11.9. The number of nitrogens with zero attached hydrogens (tertiary/aromatic N) is 4. The third-order valence-corrected chi connectivity index (χ3v) is 4.71. The standard InChI is InChI=1S/C12H12N6O2S2/c1-6-7(2)18-10(15-9(6)20)16-17-12(18)22-5-8(19)14-11-13-3-4-21-11/h3-4H,5H2,1-2H3,(H,13,14,19)(H,15,16,20). The van der Waals surface area contributed by atoms with Crippen LogP contribution in [0.1, 0.15) is 11.3 Å². The molecule has 0 fully saturated rings. The van der Waals surface area contributed by atoms with Gasteiger partial charge in [-0.3, -0.25) is 19.0 Å². The molecule has 3 rings (SSSR count). The number of anilines is 1. The van der Waals surface area contributed by atoms with Crippen molar-refractivity contribution >= 4 is 39.9 Å². The predicted molar refractivity (Wildman–Crippen MR) is 84.5 cm³/mol. The Morgan fingerprint density at radius 2 is 2.27 bits per heavy atom. The number of amides is 1. The van der Waals surface area contributed by atoms with E-state index in [1.54, 1.807) is 22.9 Å². The highest BCUT2D eigenvalue weighted by Gasteiger charge is 2.14. The van der Waals surface area contributed by atoms with Gasteiger partial charge in [0.15, 0.2) is 10.3 Å². The number of carbonyl (C=O) groups excluding carboxylic acids is 1. The van der Waals surface area contributed by atoms with Gasteiger partial charge in [-0.1, -0.05) is 11.8 Å². The Labute approximate surface area is 133 Å². The summed E-state index contributed by atoms with van der Waals surface area (Å²) in [4.78, 5) is 30.2. The average molecular weight is 336 g/mol. The molecule has 10 heteroatoms. The first kappa shape index (κ1) is 14.7. The van der Waals surface area contributed by atoms with Crippen molar-refractivity contribution in [2.24, 2.45) is 0 Å². The van der Waals surface area contributed by atoms with Crippen molar-refractivity contribution in [3.05, 3.63) is 33.2 Å². The summed E-state index contributed by atoms with van der Waals surface area (Å²) < 4.78 is 1.73. The Hall–Kier alpha value is -2.20. The molecule has 22 heavy (non-hydrogen) atoms. The highest BCUT2D eigenvalue weighted by Crippen LogP contribution is 2.19. The van der Waals surface area contributed by atoms with Gasteiger partial charge in [0, 0.05) is 22.8 Å². The Bertz CT molecular complexity index is 883. The summed E-state index contributed by atoms with van der Waals surface area (Å²) in [7, 11) is 0. The summed E-state index contributed by atoms with van der Waals surface area (Å²) in [6.07, 6.45) is 1.63. The molecule has 0 saturated carbocycles. The molecule has 0 unspecified atom stereocenters. The topological polar surface area (TPSA) is 105 Å². The van der Waals surface area contributed by atoms with Crippen LogP contribution < -0.4 is 10.9 Å². The molecule has 0 saturated heterocycles. The molecule has 2 N–H and O–H groups in total. The van der Waals surface area contributed by atoms with Crippen LogP contribution in [0.2, 0.25) is 0 Å². The molecule has 0 aliphatic rings. The quantitative estimate of drug-likeness (QED) is 0.694. The Balaban J connectivity index is 1.78. The van der Waals surface area contributed by atoms with E-state index in [1.165, 1.54) is 23.1 Å². The van der Waals surface area contributed by atoms with Gasteiger partial charge in [0.05, 0.1) is 5.75 Å². The summed E-state index contributed by atoms with van der Waals surface area (Å²) in [6.45, 7) is 3.55. The van der Waals surface area contributed by atoms with E-state index in [2.05, 4.69) is 25.5 Å².